The second kappa shape index (κ2) is 19.9. The minimum atomic E-state index is -3.87. The number of hydrogen-bond donors (Lipinski definition) is 5. The van der Waals surface area contributed by atoms with Gasteiger partial charge in [-0.1, -0.05) is 101 Å². The van der Waals surface area contributed by atoms with Crippen molar-refractivity contribution in [3.05, 3.63) is 102 Å². The molecule has 3 amide bonds. The lowest BCUT2D eigenvalue weighted by atomic mass is 9.83. The van der Waals surface area contributed by atoms with E-state index >= 15 is 0 Å². The zero-order valence-electron chi connectivity index (χ0n) is 29.4. The molecule has 0 saturated heterocycles. The van der Waals surface area contributed by atoms with Crippen LogP contribution >= 0.6 is 0 Å². The SMILES string of the molecule is CCCC(CCC)S(=O)(=O)CC(NC(=O)c1cccnc1)C(=O)NC(Cc1ccccc1)C(O)C(O)C(C(=O)NCc1ccccc1)C(C)C. The van der Waals surface area contributed by atoms with Gasteiger partial charge in [-0.15, -0.1) is 0 Å². The first-order chi connectivity index (χ1) is 23.9. The molecule has 1 heterocycles. The van der Waals surface area contributed by atoms with Gasteiger partial charge in [0.25, 0.3) is 5.91 Å². The van der Waals surface area contributed by atoms with Crippen LogP contribution in [0.2, 0.25) is 0 Å². The molecule has 0 aliphatic rings. The van der Waals surface area contributed by atoms with E-state index in [0.717, 1.165) is 5.56 Å². The number of sulfone groups is 1. The van der Waals surface area contributed by atoms with E-state index in [4.69, 9.17) is 0 Å². The molecular weight excluding hydrogens is 657 g/mol. The Bertz CT molecular complexity index is 1590. The smallest absolute Gasteiger partial charge is 0.253 e. The highest BCUT2D eigenvalue weighted by Gasteiger charge is 2.40. The first-order valence-corrected chi connectivity index (χ1v) is 19.0. The monoisotopic (exact) mass is 708 g/mol. The van der Waals surface area contributed by atoms with E-state index in [0.29, 0.717) is 31.2 Å². The van der Waals surface area contributed by atoms with Gasteiger partial charge in [0.05, 0.1) is 34.6 Å². The number of aliphatic hydroxyl groups excluding tert-OH is 2. The van der Waals surface area contributed by atoms with Crippen molar-refractivity contribution in [1.82, 2.24) is 20.9 Å². The topological polar surface area (TPSA) is 175 Å². The Labute approximate surface area is 296 Å². The van der Waals surface area contributed by atoms with Crippen LogP contribution in [-0.2, 0) is 32.4 Å². The van der Waals surface area contributed by atoms with E-state index in [-0.39, 0.29) is 18.5 Å². The van der Waals surface area contributed by atoms with Crippen LogP contribution in [0.3, 0.4) is 0 Å². The summed E-state index contributed by atoms with van der Waals surface area (Å²) in [4.78, 5) is 44.7. The number of carbonyl (C=O) groups excluding carboxylic acids is 3. The number of aromatic nitrogens is 1. The Morgan fingerprint density at radius 1 is 0.780 bits per heavy atom. The zero-order valence-corrected chi connectivity index (χ0v) is 30.2. The van der Waals surface area contributed by atoms with Crippen LogP contribution in [0.1, 0.15) is 74.9 Å². The van der Waals surface area contributed by atoms with Crippen LogP contribution < -0.4 is 16.0 Å². The number of benzene rings is 2. The molecule has 272 valence electrons. The van der Waals surface area contributed by atoms with Gasteiger partial charge in [0.1, 0.15) is 12.1 Å². The molecule has 2 aromatic carbocycles. The lowest BCUT2D eigenvalue weighted by Gasteiger charge is -2.34. The Hall–Kier alpha value is -4.13. The lowest BCUT2D eigenvalue weighted by molar-refractivity contribution is -0.136. The molecule has 0 aliphatic carbocycles. The van der Waals surface area contributed by atoms with E-state index in [1.54, 1.807) is 44.2 Å². The van der Waals surface area contributed by atoms with Crippen molar-refractivity contribution in [2.24, 2.45) is 11.8 Å². The van der Waals surface area contributed by atoms with Crippen LogP contribution in [-0.4, -0.2) is 76.6 Å². The quantitative estimate of drug-likeness (QED) is 0.118. The molecule has 0 aliphatic heterocycles. The number of hydrogen-bond acceptors (Lipinski definition) is 8. The molecule has 1 aromatic heterocycles. The number of carbonyl (C=O) groups is 3. The molecule has 5 atom stereocenters. The van der Waals surface area contributed by atoms with Crippen LogP contribution in [0, 0.1) is 11.8 Å². The highest BCUT2D eigenvalue weighted by molar-refractivity contribution is 7.92. The van der Waals surface area contributed by atoms with Crippen molar-refractivity contribution < 1.29 is 33.0 Å². The van der Waals surface area contributed by atoms with Crippen LogP contribution in [0.4, 0.5) is 0 Å². The number of pyridine rings is 1. The standard InChI is InChI=1S/C38H52N4O7S/c1-5-14-30(15-6-2)50(48,49)25-32(42-36(45)29-20-13-21-39-24-29)37(46)41-31(22-27-16-9-7-10-17-27)34(43)35(44)33(26(3)4)38(47)40-23-28-18-11-8-12-19-28/h7-13,16-21,24,26,30-35,43-44H,5-6,14-15,22-23,25H2,1-4H3,(H,40,47)(H,41,46)(H,42,45). The van der Waals surface area contributed by atoms with E-state index in [1.807, 2.05) is 50.2 Å². The molecule has 50 heavy (non-hydrogen) atoms. The van der Waals surface area contributed by atoms with Crippen LogP contribution in [0.15, 0.2) is 85.2 Å². The number of nitrogens with one attached hydrogen (secondary N) is 3. The van der Waals surface area contributed by atoms with E-state index in [2.05, 4.69) is 20.9 Å². The van der Waals surface area contributed by atoms with Crippen molar-refractivity contribution >= 4 is 27.6 Å². The fourth-order valence-corrected chi connectivity index (χ4v) is 8.21. The highest BCUT2D eigenvalue weighted by Crippen LogP contribution is 2.23. The maximum atomic E-state index is 14.1. The second-order valence-electron chi connectivity index (χ2n) is 13.1. The average molecular weight is 709 g/mol. The fraction of sp³-hybridized carbons (Fsp3) is 0.474. The number of aliphatic hydroxyl groups is 2. The Balaban J connectivity index is 1.93. The highest BCUT2D eigenvalue weighted by atomic mass is 32.2. The summed E-state index contributed by atoms with van der Waals surface area (Å²) in [5.41, 5.74) is 1.72. The summed E-state index contributed by atoms with van der Waals surface area (Å²) in [6, 6.07) is 18.6. The molecule has 5 N–H and O–H groups in total. The van der Waals surface area contributed by atoms with Gasteiger partial charge in [-0.2, -0.15) is 0 Å². The maximum absolute atomic E-state index is 14.1. The summed E-state index contributed by atoms with van der Waals surface area (Å²) in [5, 5.41) is 30.7. The predicted octanol–water partition coefficient (Wildman–Crippen LogP) is 3.60. The molecule has 0 radical (unpaired) electrons. The summed E-state index contributed by atoms with van der Waals surface area (Å²) >= 11 is 0. The normalized spacial score (nSPS) is 14.7. The summed E-state index contributed by atoms with van der Waals surface area (Å²) < 4.78 is 27.4. The first kappa shape index (κ1) is 40.3. The molecular formula is C38H52N4O7S. The predicted molar refractivity (Wildman–Crippen MR) is 194 cm³/mol. The Morgan fingerprint density at radius 2 is 1.38 bits per heavy atom. The van der Waals surface area contributed by atoms with Gasteiger partial charge in [0, 0.05) is 18.9 Å². The van der Waals surface area contributed by atoms with E-state index in [1.165, 1.54) is 18.5 Å². The summed E-state index contributed by atoms with van der Waals surface area (Å²) in [6.45, 7) is 7.51. The van der Waals surface area contributed by atoms with Crippen molar-refractivity contribution in [1.29, 1.82) is 0 Å². The van der Waals surface area contributed by atoms with Crippen LogP contribution in [0.25, 0.3) is 0 Å². The van der Waals surface area contributed by atoms with Crippen molar-refractivity contribution in [3.8, 4) is 0 Å². The third-order valence-corrected chi connectivity index (χ3v) is 11.0. The molecule has 5 unspecified atom stereocenters. The van der Waals surface area contributed by atoms with Crippen molar-refractivity contribution in [2.45, 2.75) is 95.9 Å². The third-order valence-electron chi connectivity index (χ3n) is 8.76. The molecule has 0 bridgehead atoms. The number of nitrogens with zero attached hydrogens (tertiary/aromatic N) is 1. The Morgan fingerprint density at radius 3 is 1.92 bits per heavy atom. The van der Waals surface area contributed by atoms with Gasteiger partial charge >= 0.3 is 0 Å². The van der Waals surface area contributed by atoms with Crippen molar-refractivity contribution in [2.75, 3.05) is 5.75 Å². The number of amides is 3. The molecule has 0 fully saturated rings. The van der Waals surface area contributed by atoms with Gasteiger partial charge < -0.3 is 26.2 Å². The second-order valence-corrected chi connectivity index (χ2v) is 15.4. The minimum absolute atomic E-state index is 0.0472. The third kappa shape index (κ3) is 12.0. The van der Waals surface area contributed by atoms with E-state index < -0.39 is 74.7 Å². The van der Waals surface area contributed by atoms with Gasteiger partial charge in [-0.05, 0) is 48.4 Å². The minimum Gasteiger partial charge on any atom is -0.390 e. The van der Waals surface area contributed by atoms with Gasteiger partial charge in [-0.3, -0.25) is 19.4 Å². The summed E-state index contributed by atoms with van der Waals surface area (Å²) in [7, 11) is -3.87. The molecule has 12 heteroatoms. The molecule has 0 spiro atoms. The number of rotatable bonds is 20. The summed E-state index contributed by atoms with van der Waals surface area (Å²) in [5.74, 6) is -4.11. The maximum Gasteiger partial charge on any atom is 0.253 e. The first-order valence-electron chi connectivity index (χ1n) is 17.3. The molecule has 3 aromatic rings. The lowest BCUT2D eigenvalue weighted by Crippen LogP contribution is -2.59. The van der Waals surface area contributed by atoms with Gasteiger partial charge in [-0.25, -0.2) is 8.42 Å². The van der Waals surface area contributed by atoms with Crippen molar-refractivity contribution in [3.63, 3.8) is 0 Å². The van der Waals surface area contributed by atoms with Crippen LogP contribution in [0.5, 0.6) is 0 Å². The van der Waals surface area contributed by atoms with Gasteiger partial charge in [0.15, 0.2) is 9.84 Å². The Kier molecular flexibility index (Phi) is 16.0. The zero-order chi connectivity index (χ0) is 36.7. The largest absolute Gasteiger partial charge is 0.390 e. The fourth-order valence-electron chi connectivity index (χ4n) is 6.05. The van der Waals surface area contributed by atoms with E-state index in [9.17, 15) is 33.0 Å². The molecule has 3 rings (SSSR count). The average Bonchev–Trinajstić information content (AvgIpc) is 3.10. The molecule has 0 saturated carbocycles. The summed E-state index contributed by atoms with van der Waals surface area (Å²) in [6.07, 6.45) is 1.66. The molecule has 11 nitrogen and oxygen atoms in total. The van der Waals surface area contributed by atoms with Gasteiger partial charge in [0.2, 0.25) is 11.8 Å².